The first kappa shape index (κ1) is 19.7. The summed E-state index contributed by atoms with van der Waals surface area (Å²) in [6.45, 7) is 1.73. The molecule has 1 aliphatic rings. The van der Waals surface area contributed by atoms with E-state index in [1.807, 2.05) is 31.2 Å². The Labute approximate surface area is 183 Å². The second kappa shape index (κ2) is 7.78. The largest absolute Gasteiger partial charge is 0.484 e. The van der Waals surface area contributed by atoms with Gasteiger partial charge in [-0.2, -0.15) is 0 Å². The normalized spacial score (nSPS) is 15.7. The first-order valence-electron chi connectivity index (χ1n) is 10.2. The van der Waals surface area contributed by atoms with Crippen molar-refractivity contribution in [1.82, 2.24) is 10.3 Å². The fraction of sp³-hybridized carbons (Fsp3) is 0.250. The van der Waals surface area contributed by atoms with Crippen molar-refractivity contribution in [3.8, 4) is 5.75 Å². The zero-order chi connectivity index (χ0) is 21.5. The maximum absolute atomic E-state index is 12.6. The lowest BCUT2D eigenvalue weighted by Gasteiger charge is -2.24. The van der Waals surface area contributed by atoms with Gasteiger partial charge in [-0.3, -0.25) is 4.79 Å². The minimum Gasteiger partial charge on any atom is -0.484 e. The average molecular weight is 437 g/mol. The molecule has 0 aliphatic heterocycles. The summed E-state index contributed by atoms with van der Waals surface area (Å²) >= 11 is 6.17. The summed E-state index contributed by atoms with van der Waals surface area (Å²) in [4.78, 5) is 27.6. The van der Waals surface area contributed by atoms with Crippen molar-refractivity contribution < 1.29 is 13.9 Å². The highest BCUT2D eigenvalue weighted by Gasteiger charge is 2.25. The lowest BCUT2D eigenvalue weighted by Crippen LogP contribution is -2.34. The van der Waals surface area contributed by atoms with Gasteiger partial charge in [0.1, 0.15) is 11.3 Å². The number of aryl methyl sites for hydroxylation is 2. The SMILES string of the molecule is Cc1cc(=O)oc2cc(OCC(=O)N[C@@H]3CCCc4c3[nH]c3ccc(Cl)cc43)ccc12. The van der Waals surface area contributed by atoms with Crippen LogP contribution in [0.4, 0.5) is 0 Å². The number of H-pyrrole nitrogens is 1. The van der Waals surface area contributed by atoms with Crippen molar-refractivity contribution in [3.63, 3.8) is 0 Å². The van der Waals surface area contributed by atoms with Crippen LogP contribution in [0.15, 0.2) is 51.7 Å². The van der Waals surface area contributed by atoms with Gasteiger partial charge in [0.2, 0.25) is 0 Å². The van der Waals surface area contributed by atoms with E-state index in [1.165, 1.54) is 11.6 Å². The van der Waals surface area contributed by atoms with Gasteiger partial charge in [0.25, 0.3) is 5.91 Å². The molecule has 4 aromatic rings. The van der Waals surface area contributed by atoms with Gasteiger partial charge in [-0.05, 0) is 67.6 Å². The maximum atomic E-state index is 12.6. The molecule has 1 atom stereocenters. The number of nitrogens with one attached hydrogen (secondary N) is 2. The van der Waals surface area contributed by atoms with Crippen LogP contribution in [0.3, 0.4) is 0 Å². The number of aromatic amines is 1. The predicted molar refractivity (Wildman–Crippen MR) is 120 cm³/mol. The predicted octanol–water partition coefficient (Wildman–Crippen LogP) is 4.81. The van der Waals surface area contributed by atoms with Gasteiger partial charge >= 0.3 is 5.63 Å². The molecule has 0 bridgehead atoms. The minimum absolute atomic E-state index is 0.0942. The number of carbonyl (C=O) groups is 1. The second-order valence-corrected chi connectivity index (χ2v) is 8.35. The number of hydrogen-bond donors (Lipinski definition) is 2. The van der Waals surface area contributed by atoms with Crippen LogP contribution in [0.5, 0.6) is 5.75 Å². The molecule has 1 aliphatic carbocycles. The maximum Gasteiger partial charge on any atom is 0.336 e. The highest BCUT2D eigenvalue weighted by atomic mass is 35.5. The number of ether oxygens (including phenoxy) is 1. The van der Waals surface area contributed by atoms with E-state index in [1.54, 1.807) is 12.1 Å². The van der Waals surface area contributed by atoms with E-state index in [4.69, 9.17) is 20.8 Å². The molecule has 2 N–H and O–H groups in total. The molecule has 2 aromatic heterocycles. The average Bonchev–Trinajstić information content (AvgIpc) is 3.11. The summed E-state index contributed by atoms with van der Waals surface area (Å²) < 4.78 is 10.9. The van der Waals surface area contributed by atoms with Crippen LogP contribution < -0.4 is 15.7 Å². The van der Waals surface area contributed by atoms with E-state index in [9.17, 15) is 9.59 Å². The number of amides is 1. The molecule has 0 spiro atoms. The van der Waals surface area contributed by atoms with Crippen LogP contribution >= 0.6 is 11.6 Å². The molecule has 0 fully saturated rings. The Bertz CT molecular complexity index is 1370. The van der Waals surface area contributed by atoms with Gasteiger partial charge in [0.05, 0.1) is 6.04 Å². The van der Waals surface area contributed by atoms with Gasteiger partial charge in [-0.15, -0.1) is 0 Å². The zero-order valence-corrected chi connectivity index (χ0v) is 17.7. The van der Waals surface area contributed by atoms with Crippen LogP contribution in [-0.4, -0.2) is 17.5 Å². The van der Waals surface area contributed by atoms with E-state index in [-0.39, 0.29) is 18.6 Å². The highest BCUT2D eigenvalue weighted by molar-refractivity contribution is 6.31. The second-order valence-electron chi connectivity index (χ2n) is 7.91. The van der Waals surface area contributed by atoms with Crippen molar-refractivity contribution in [1.29, 1.82) is 0 Å². The monoisotopic (exact) mass is 436 g/mol. The Balaban J connectivity index is 1.30. The fourth-order valence-corrected chi connectivity index (χ4v) is 4.53. The molecule has 7 heteroatoms. The van der Waals surface area contributed by atoms with E-state index >= 15 is 0 Å². The Kier molecular flexibility index (Phi) is 4.94. The summed E-state index contributed by atoms with van der Waals surface area (Å²) in [7, 11) is 0. The molecule has 2 heterocycles. The molecule has 0 unspecified atom stereocenters. The Morgan fingerprint density at radius 1 is 1.23 bits per heavy atom. The van der Waals surface area contributed by atoms with Gasteiger partial charge in [0.15, 0.2) is 6.61 Å². The van der Waals surface area contributed by atoms with Crippen LogP contribution in [0, 0.1) is 6.92 Å². The van der Waals surface area contributed by atoms with Gasteiger partial charge in [-0.1, -0.05) is 11.6 Å². The van der Waals surface area contributed by atoms with Crippen molar-refractivity contribution >= 4 is 39.4 Å². The number of rotatable bonds is 4. The number of fused-ring (bicyclic) bond motifs is 4. The Morgan fingerprint density at radius 3 is 2.97 bits per heavy atom. The summed E-state index contributed by atoms with van der Waals surface area (Å²) in [6.07, 6.45) is 2.81. The van der Waals surface area contributed by atoms with Crippen LogP contribution in [0.25, 0.3) is 21.9 Å². The quantitative estimate of drug-likeness (QED) is 0.450. The summed E-state index contributed by atoms with van der Waals surface area (Å²) in [5.74, 6) is 0.265. The third kappa shape index (κ3) is 3.79. The number of carbonyl (C=O) groups excluding carboxylic acids is 1. The number of hydrogen-bond acceptors (Lipinski definition) is 4. The van der Waals surface area contributed by atoms with E-state index in [2.05, 4.69) is 10.3 Å². The number of halogens is 1. The van der Waals surface area contributed by atoms with Gasteiger partial charge < -0.3 is 19.5 Å². The first-order valence-corrected chi connectivity index (χ1v) is 10.6. The van der Waals surface area contributed by atoms with Gasteiger partial charge in [0, 0.05) is 39.1 Å². The molecule has 0 saturated heterocycles. The highest BCUT2D eigenvalue weighted by Crippen LogP contribution is 2.35. The van der Waals surface area contributed by atoms with E-state index < -0.39 is 5.63 Å². The smallest absolute Gasteiger partial charge is 0.336 e. The van der Waals surface area contributed by atoms with Crippen molar-refractivity contribution in [2.45, 2.75) is 32.2 Å². The molecular formula is C24H21ClN2O4. The third-order valence-electron chi connectivity index (χ3n) is 5.80. The molecule has 158 valence electrons. The van der Waals surface area contributed by atoms with Crippen LogP contribution in [0.2, 0.25) is 5.02 Å². The molecule has 1 amide bonds. The molecule has 5 rings (SSSR count). The summed E-state index contributed by atoms with van der Waals surface area (Å²) in [5, 5.41) is 5.73. The zero-order valence-electron chi connectivity index (χ0n) is 17.0. The van der Waals surface area contributed by atoms with Crippen molar-refractivity contribution in [3.05, 3.63) is 74.7 Å². The molecule has 31 heavy (non-hydrogen) atoms. The lowest BCUT2D eigenvalue weighted by molar-refractivity contribution is -0.124. The molecular weight excluding hydrogens is 416 g/mol. The van der Waals surface area contributed by atoms with Crippen molar-refractivity contribution in [2.75, 3.05) is 6.61 Å². The summed E-state index contributed by atoms with van der Waals surface area (Å²) in [6, 6.07) is 12.4. The molecule has 0 radical (unpaired) electrons. The topological polar surface area (TPSA) is 84.3 Å². The number of benzene rings is 2. The van der Waals surface area contributed by atoms with Crippen LogP contribution in [-0.2, 0) is 11.2 Å². The minimum atomic E-state index is -0.410. The first-order chi connectivity index (χ1) is 15.0. The van der Waals surface area contributed by atoms with Gasteiger partial charge in [-0.25, -0.2) is 4.79 Å². The van der Waals surface area contributed by atoms with E-state index in [0.29, 0.717) is 16.4 Å². The standard InChI is InChI=1S/C24H21ClN2O4/c1-13-9-23(29)31-21-11-15(6-7-16(13)21)30-12-22(28)26-20-4-2-3-17-18-10-14(25)5-8-19(18)27-24(17)20/h5-11,20,27H,2-4,12H2,1H3,(H,26,28)/t20-/m1/s1. The third-order valence-corrected chi connectivity index (χ3v) is 6.03. The fourth-order valence-electron chi connectivity index (χ4n) is 4.36. The molecule has 0 saturated carbocycles. The number of aromatic nitrogens is 1. The summed E-state index contributed by atoms with van der Waals surface area (Å²) in [5.41, 5.74) is 4.15. The molecule has 2 aromatic carbocycles. The van der Waals surface area contributed by atoms with E-state index in [0.717, 1.165) is 46.8 Å². The lowest BCUT2D eigenvalue weighted by atomic mass is 9.91. The van der Waals surface area contributed by atoms with Crippen LogP contribution in [0.1, 0.15) is 35.7 Å². The van der Waals surface area contributed by atoms with Crippen molar-refractivity contribution in [2.24, 2.45) is 0 Å². The Hall–Kier alpha value is -3.25. The molecule has 6 nitrogen and oxygen atoms in total. The Morgan fingerprint density at radius 2 is 2.10 bits per heavy atom.